The summed E-state index contributed by atoms with van der Waals surface area (Å²) in [6.45, 7) is 5.19. The van der Waals surface area contributed by atoms with Crippen LogP contribution in [0.25, 0.3) is 0 Å². The molecule has 4 nitrogen and oxygen atoms in total. The number of nitrogens with one attached hydrogen (secondary N) is 1. The molecule has 4 rings (SSSR count). The number of benzene rings is 2. The highest BCUT2D eigenvalue weighted by molar-refractivity contribution is 5.74. The number of piperazine rings is 1. The molecule has 0 bridgehead atoms. The summed E-state index contributed by atoms with van der Waals surface area (Å²) >= 11 is 0. The highest BCUT2D eigenvalue weighted by atomic mass is 16.2. The summed E-state index contributed by atoms with van der Waals surface area (Å²) < 4.78 is 0. The Balaban J connectivity index is 1.26. The van der Waals surface area contributed by atoms with E-state index in [9.17, 15) is 4.79 Å². The molecular weight excluding hydrogens is 334 g/mol. The topological polar surface area (TPSA) is 35.6 Å². The van der Waals surface area contributed by atoms with E-state index < -0.39 is 0 Å². The molecule has 142 valence electrons. The Morgan fingerprint density at radius 1 is 0.889 bits per heavy atom. The van der Waals surface area contributed by atoms with Crippen LogP contribution in [0.4, 0.5) is 4.79 Å². The normalized spacial score (nSPS) is 19.3. The molecule has 0 spiro atoms. The minimum Gasteiger partial charge on any atom is -0.337 e. The zero-order valence-corrected chi connectivity index (χ0v) is 15.9. The summed E-state index contributed by atoms with van der Waals surface area (Å²) in [7, 11) is 0. The fourth-order valence-corrected chi connectivity index (χ4v) is 4.27. The number of carbonyl (C=O) groups is 1. The molecule has 2 amide bonds. The molecule has 0 unspecified atom stereocenters. The van der Waals surface area contributed by atoms with Crippen LogP contribution >= 0.6 is 0 Å². The molecule has 27 heavy (non-hydrogen) atoms. The van der Waals surface area contributed by atoms with Crippen LogP contribution in [-0.4, -0.2) is 48.6 Å². The molecule has 0 radical (unpaired) electrons. The van der Waals surface area contributed by atoms with Gasteiger partial charge in [-0.1, -0.05) is 67.1 Å². The molecule has 1 N–H and O–H groups in total. The maximum atomic E-state index is 12.7. The van der Waals surface area contributed by atoms with Crippen molar-refractivity contribution in [2.24, 2.45) is 0 Å². The molecule has 2 fully saturated rings. The van der Waals surface area contributed by atoms with Crippen molar-refractivity contribution in [1.82, 2.24) is 15.1 Å². The molecule has 0 atom stereocenters. The highest BCUT2D eigenvalue weighted by Crippen LogP contribution is 2.43. The number of rotatable bonds is 5. The number of hydrogen-bond acceptors (Lipinski definition) is 2. The van der Waals surface area contributed by atoms with Gasteiger partial charge in [0.15, 0.2) is 0 Å². The average Bonchev–Trinajstić information content (AvgIpc) is 2.69. The molecule has 0 aromatic heterocycles. The maximum Gasteiger partial charge on any atom is 0.317 e. The van der Waals surface area contributed by atoms with Crippen molar-refractivity contribution in [1.29, 1.82) is 0 Å². The molecule has 2 aromatic carbocycles. The molecule has 1 aliphatic heterocycles. The van der Waals surface area contributed by atoms with Crippen LogP contribution in [-0.2, 0) is 12.0 Å². The largest absolute Gasteiger partial charge is 0.337 e. The van der Waals surface area contributed by atoms with Crippen LogP contribution < -0.4 is 5.32 Å². The maximum absolute atomic E-state index is 12.7. The molecule has 2 aliphatic rings. The van der Waals surface area contributed by atoms with Gasteiger partial charge in [-0.25, -0.2) is 4.79 Å². The third kappa shape index (κ3) is 4.16. The van der Waals surface area contributed by atoms with Gasteiger partial charge in [0, 0.05) is 44.7 Å². The molecule has 1 saturated carbocycles. The van der Waals surface area contributed by atoms with Crippen molar-refractivity contribution in [3.8, 4) is 0 Å². The number of hydrogen-bond donors (Lipinski definition) is 1. The highest BCUT2D eigenvalue weighted by Gasteiger charge is 2.39. The van der Waals surface area contributed by atoms with Crippen LogP contribution in [0.1, 0.15) is 30.4 Å². The van der Waals surface area contributed by atoms with Crippen molar-refractivity contribution in [2.45, 2.75) is 31.2 Å². The number of carbonyl (C=O) groups excluding carboxylic acids is 1. The van der Waals surface area contributed by atoms with E-state index in [4.69, 9.17) is 0 Å². The van der Waals surface area contributed by atoms with E-state index in [1.807, 2.05) is 4.90 Å². The van der Waals surface area contributed by atoms with E-state index in [2.05, 4.69) is 70.9 Å². The Morgan fingerprint density at radius 3 is 2.11 bits per heavy atom. The Labute approximate surface area is 162 Å². The zero-order chi connectivity index (χ0) is 18.5. The van der Waals surface area contributed by atoms with Crippen molar-refractivity contribution >= 4 is 6.03 Å². The molecule has 4 heteroatoms. The Hall–Kier alpha value is -2.33. The fraction of sp³-hybridized carbons (Fsp3) is 0.435. The van der Waals surface area contributed by atoms with Gasteiger partial charge in [-0.05, 0) is 24.0 Å². The third-order valence-electron chi connectivity index (χ3n) is 6.18. The van der Waals surface area contributed by atoms with Crippen LogP contribution in [0.5, 0.6) is 0 Å². The lowest BCUT2D eigenvalue weighted by molar-refractivity contribution is 0.131. The zero-order valence-electron chi connectivity index (χ0n) is 15.9. The third-order valence-corrected chi connectivity index (χ3v) is 6.18. The number of amides is 2. The second-order valence-corrected chi connectivity index (χ2v) is 7.91. The predicted molar refractivity (Wildman–Crippen MR) is 109 cm³/mol. The van der Waals surface area contributed by atoms with E-state index in [1.165, 1.54) is 30.4 Å². The summed E-state index contributed by atoms with van der Waals surface area (Å²) in [5, 5.41) is 3.23. The van der Waals surface area contributed by atoms with Gasteiger partial charge in [-0.3, -0.25) is 4.90 Å². The van der Waals surface area contributed by atoms with Crippen LogP contribution in [0.15, 0.2) is 60.7 Å². The van der Waals surface area contributed by atoms with Gasteiger partial charge in [0.1, 0.15) is 0 Å². The van der Waals surface area contributed by atoms with Crippen LogP contribution in [0.2, 0.25) is 0 Å². The standard InChI is InChI=1S/C23H29N3O/c27-22(24-19-23(12-7-13-23)21-10-5-2-6-11-21)26-16-14-25(15-17-26)18-20-8-3-1-4-9-20/h1-6,8-11H,7,12-19H2,(H,24,27). The minimum absolute atomic E-state index is 0.0940. The van der Waals surface area contributed by atoms with Crippen molar-refractivity contribution in [3.63, 3.8) is 0 Å². The first kappa shape index (κ1) is 18.1. The minimum atomic E-state index is 0.0940. The first-order chi connectivity index (χ1) is 13.3. The molecule has 1 heterocycles. The SMILES string of the molecule is O=C(NCC1(c2ccccc2)CCC1)N1CCN(Cc2ccccc2)CC1. The second kappa shape index (κ2) is 8.13. The number of urea groups is 1. The van der Waals surface area contributed by atoms with Crippen molar-refractivity contribution in [3.05, 3.63) is 71.8 Å². The Morgan fingerprint density at radius 2 is 1.52 bits per heavy atom. The van der Waals surface area contributed by atoms with Crippen LogP contribution in [0, 0.1) is 0 Å². The summed E-state index contributed by atoms with van der Waals surface area (Å²) in [6, 6.07) is 21.3. The molecule has 2 aromatic rings. The van der Waals surface area contributed by atoms with Gasteiger partial charge >= 0.3 is 6.03 Å². The molecule has 1 saturated heterocycles. The van der Waals surface area contributed by atoms with E-state index >= 15 is 0 Å². The summed E-state index contributed by atoms with van der Waals surface area (Å²) in [6.07, 6.45) is 3.59. The Bertz CT molecular complexity index is 735. The Kier molecular flexibility index (Phi) is 5.44. The van der Waals surface area contributed by atoms with Gasteiger partial charge in [-0.2, -0.15) is 0 Å². The summed E-state index contributed by atoms with van der Waals surface area (Å²) in [5.74, 6) is 0. The van der Waals surface area contributed by atoms with Crippen molar-refractivity contribution in [2.75, 3.05) is 32.7 Å². The van der Waals surface area contributed by atoms with Gasteiger partial charge in [0.05, 0.1) is 0 Å². The van der Waals surface area contributed by atoms with Gasteiger partial charge in [0.25, 0.3) is 0 Å². The fourth-order valence-electron chi connectivity index (χ4n) is 4.27. The van der Waals surface area contributed by atoms with E-state index in [0.29, 0.717) is 0 Å². The molecule has 1 aliphatic carbocycles. The van der Waals surface area contributed by atoms with Crippen molar-refractivity contribution < 1.29 is 4.79 Å². The van der Waals surface area contributed by atoms with Gasteiger partial charge < -0.3 is 10.2 Å². The lowest BCUT2D eigenvalue weighted by Crippen LogP contribution is -2.54. The second-order valence-electron chi connectivity index (χ2n) is 7.91. The predicted octanol–water partition coefficient (Wildman–Crippen LogP) is 3.64. The quantitative estimate of drug-likeness (QED) is 0.880. The first-order valence-corrected chi connectivity index (χ1v) is 10.1. The molecular formula is C23H29N3O. The lowest BCUT2D eigenvalue weighted by atomic mass is 9.64. The number of nitrogens with zero attached hydrogens (tertiary/aromatic N) is 2. The van der Waals surface area contributed by atoms with E-state index in [-0.39, 0.29) is 11.4 Å². The summed E-state index contributed by atoms with van der Waals surface area (Å²) in [4.78, 5) is 17.1. The van der Waals surface area contributed by atoms with Gasteiger partial charge in [0.2, 0.25) is 0 Å². The first-order valence-electron chi connectivity index (χ1n) is 10.1. The smallest absolute Gasteiger partial charge is 0.317 e. The van der Waals surface area contributed by atoms with Gasteiger partial charge in [-0.15, -0.1) is 0 Å². The van der Waals surface area contributed by atoms with E-state index in [0.717, 1.165) is 39.3 Å². The van der Waals surface area contributed by atoms with Crippen LogP contribution in [0.3, 0.4) is 0 Å². The lowest BCUT2D eigenvalue weighted by Gasteiger charge is -2.43. The average molecular weight is 364 g/mol. The van der Waals surface area contributed by atoms with E-state index in [1.54, 1.807) is 0 Å². The monoisotopic (exact) mass is 363 g/mol. The summed E-state index contributed by atoms with van der Waals surface area (Å²) in [5.41, 5.74) is 2.85.